The number of allylic oxidation sites excluding steroid dienone is 2. The molecule has 3 aromatic rings. The van der Waals surface area contributed by atoms with Gasteiger partial charge in [0.2, 0.25) is 0 Å². The van der Waals surface area contributed by atoms with E-state index < -0.39 is 22.8 Å². The summed E-state index contributed by atoms with van der Waals surface area (Å²) < 4.78 is 63.2. The molecule has 1 aliphatic rings. The number of halogens is 3. The molecule has 0 unspecified atom stereocenters. The molecular weight excluding hydrogens is 454 g/mol. The monoisotopic (exact) mass is 474 g/mol. The Morgan fingerprint density at radius 1 is 0.656 bits per heavy atom. The second kappa shape index (κ2) is 8.57. The molecule has 1 aliphatic heterocycles. The van der Waals surface area contributed by atoms with Gasteiger partial charge in [-0.2, -0.15) is 21.6 Å². The van der Waals surface area contributed by atoms with Crippen LogP contribution in [0.2, 0.25) is 0 Å². The van der Waals surface area contributed by atoms with Crippen LogP contribution in [0.4, 0.5) is 13.2 Å². The summed E-state index contributed by atoms with van der Waals surface area (Å²) in [5, 5.41) is 3.14. The number of rotatable bonds is 5. The van der Waals surface area contributed by atoms with Gasteiger partial charge in [0.25, 0.3) is 0 Å². The third-order valence-corrected chi connectivity index (χ3v) is 11.3. The molecule has 0 spiro atoms. The number of hydrogen-bond acceptors (Lipinski definition) is 2. The minimum absolute atomic E-state index is 0.235. The summed E-state index contributed by atoms with van der Waals surface area (Å²) in [6.45, 7) is 0. The van der Waals surface area contributed by atoms with E-state index in [1.54, 1.807) is 12.2 Å². The van der Waals surface area contributed by atoms with Crippen LogP contribution < -0.4 is 15.9 Å². The predicted molar refractivity (Wildman–Crippen MR) is 124 cm³/mol. The van der Waals surface area contributed by atoms with Gasteiger partial charge in [0, 0.05) is 12.4 Å². The van der Waals surface area contributed by atoms with Crippen LogP contribution in [0.3, 0.4) is 0 Å². The van der Waals surface area contributed by atoms with Crippen LogP contribution in [0.25, 0.3) is 0 Å². The van der Waals surface area contributed by atoms with Crippen LogP contribution in [0, 0.1) is 0 Å². The SMILES string of the molecule is O=S(=O)(N1C=CC([P+](c2ccccc2)(c2ccccc2)c2ccccc2)C=C1)C(F)(F)F. The summed E-state index contributed by atoms with van der Waals surface area (Å²) in [5.41, 5.74) is -5.71. The highest BCUT2D eigenvalue weighted by Crippen LogP contribution is 2.61. The molecule has 0 bridgehead atoms. The minimum Gasteiger partial charge on any atom is -0.246 e. The average molecular weight is 474 g/mol. The van der Waals surface area contributed by atoms with Crippen molar-refractivity contribution in [3.63, 3.8) is 0 Å². The van der Waals surface area contributed by atoms with E-state index in [0.717, 1.165) is 28.3 Å². The molecule has 0 radical (unpaired) electrons. The van der Waals surface area contributed by atoms with Crippen molar-refractivity contribution in [1.82, 2.24) is 4.31 Å². The van der Waals surface area contributed by atoms with Crippen molar-refractivity contribution in [1.29, 1.82) is 0 Å². The van der Waals surface area contributed by atoms with Crippen LogP contribution in [-0.4, -0.2) is 23.9 Å². The highest BCUT2D eigenvalue weighted by molar-refractivity contribution is 7.96. The van der Waals surface area contributed by atoms with Crippen molar-refractivity contribution in [3.05, 3.63) is 116 Å². The van der Waals surface area contributed by atoms with E-state index in [2.05, 4.69) is 0 Å². The van der Waals surface area contributed by atoms with Gasteiger partial charge in [-0.05, 0) is 48.6 Å². The highest BCUT2D eigenvalue weighted by atomic mass is 32.2. The maximum absolute atomic E-state index is 13.1. The zero-order valence-electron chi connectivity index (χ0n) is 16.8. The third-order valence-electron chi connectivity index (χ3n) is 5.37. The molecule has 0 saturated carbocycles. The molecule has 0 aliphatic carbocycles. The van der Waals surface area contributed by atoms with Crippen molar-refractivity contribution >= 4 is 33.2 Å². The third kappa shape index (κ3) is 3.76. The first-order valence-electron chi connectivity index (χ1n) is 9.80. The second-order valence-electron chi connectivity index (χ2n) is 7.18. The molecule has 0 saturated heterocycles. The molecule has 0 aromatic heterocycles. The maximum atomic E-state index is 13.1. The first kappa shape index (κ1) is 22.3. The standard InChI is InChI=1S/C24H20F3NO2PS/c25-24(26,27)32(29,30)28-18-16-23(17-19-28)31(20-10-4-1-5-11-20,21-12-6-2-7-13-21)22-14-8-3-9-15-22/h1-19,23H/q+1. The van der Waals surface area contributed by atoms with Crippen LogP contribution in [-0.2, 0) is 10.0 Å². The summed E-state index contributed by atoms with van der Waals surface area (Å²) in [7, 11) is -7.91. The molecule has 0 fully saturated rings. The molecule has 164 valence electrons. The smallest absolute Gasteiger partial charge is 0.246 e. The Hall–Kier alpha value is -2.89. The van der Waals surface area contributed by atoms with Crippen molar-refractivity contribution in [3.8, 4) is 0 Å². The second-order valence-corrected chi connectivity index (χ2v) is 12.6. The number of sulfonamides is 1. The summed E-state index contributed by atoms with van der Waals surface area (Å²) in [4.78, 5) is 0. The Bertz CT molecular complexity index is 1120. The van der Waals surface area contributed by atoms with E-state index in [4.69, 9.17) is 0 Å². The van der Waals surface area contributed by atoms with E-state index >= 15 is 0 Å². The number of hydrogen-bond donors (Lipinski definition) is 0. The Labute approximate surface area is 185 Å². The van der Waals surface area contributed by atoms with Gasteiger partial charge >= 0.3 is 15.5 Å². The molecule has 0 amide bonds. The summed E-state index contributed by atoms with van der Waals surface area (Å²) >= 11 is 0. The number of alkyl halides is 3. The first-order valence-corrected chi connectivity index (χ1v) is 13.1. The predicted octanol–water partition coefficient (Wildman–Crippen LogP) is 4.54. The summed E-state index contributed by atoms with van der Waals surface area (Å²) in [6, 6.07) is 29.5. The van der Waals surface area contributed by atoms with E-state index in [0.29, 0.717) is 0 Å². The molecule has 0 atom stereocenters. The zero-order chi connectivity index (χ0) is 22.8. The molecule has 0 N–H and O–H groups in total. The van der Waals surface area contributed by atoms with Crippen LogP contribution >= 0.6 is 7.26 Å². The molecule has 8 heteroatoms. The molecule has 32 heavy (non-hydrogen) atoms. The van der Waals surface area contributed by atoms with Crippen molar-refractivity contribution in [2.24, 2.45) is 0 Å². The Morgan fingerprint density at radius 3 is 1.31 bits per heavy atom. The van der Waals surface area contributed by atoms with Crippen LogP contribution in [0.15, 0.2) is 116 Å². The lowest BCUT2D eigenvalue weighted by Gasteiger charge is -2.33. The Morgan fingerprint density at radius 2 is 1.00 bits per heavy atom. The van der Waals surface area contributed by atoms with Gasteiger partial charge in [0.1, 0.15) is 28.8 Å². The normalized spacial score (nSPS) is 15.2. The maximum Gasteiger partial charge on any atom is 0.517 e. The van der Waals surface area contributed by atoms with Crippen LogP contribution in [0.5, 0.6) is 0 Å². The van der Waals surface area contributed by atoms with Gasteiger partial charge in [0.05, 0.1) is 0 Å². The lowest BCUT2D eigenvalue weighted by molar-refractivity contribution is -0.0468. The molecule has 4 rings (SSSR count). The topological polar surface area (TPSA) is 37.4 Å². The summed E-state index contributed by atoms with van der Waals surface area (Å²) in [6.07, 6.45) is 5.14. The molecule has 3 aromatic carbocycles. The largest absolute Gasteiger partial charge is 0.517 e. The fourth-order valence-electron chi connectivity index (χ4n) is 3.95. The minimum atomic E-state index is -5.49. The van der Waals surface area contributed by atoms with Crippen molar-refractivity contribution < 1.29 is 21.6 Å². The Balaban J connectivity index is 1.93. The zero-order valence-corrected chi connectivity index (χ0v) is 18.5. The van der Waals surface area contributed by atoms with E-state index in [1.807, 2.05) is 91.0 Å². The van der Waals surface area contributed by atoms with Gasteiger partial charge in [-0.15, -0.1) is 0 Å². The first-order chi connectivity index (χ1) is 15.3. The number of benzene rings is 3. The lowest BCUT2D eigenvalue weighted by atomic mass is 10.3. The van der Waals surface area contributed by atoms with Gasteiger partial charge in [-0.25, -0.2) is 4.31 Å². The fourth-order valence-corrected chi connectivity index (χ4v) is 9.18. The molecule has 3 nitrogen and oxygen atoms in total. The van der Waals surface area contributed by atoms with Crippen LogP contribution in [0.1, 0.15) is 0 Å². The fraction of sp³-hybridized carbons (Fsp3) is 0.0833. The van der Waals surface area contributed by atoms with Gasteiger partial charge in [-0.1, -0.05) is 54.6 Å². The summed E-state index contributed by atoms with van der Waals surface area (Å²) in [5.74, 6) is 0. The lowest BCUT2D eigenvalue weighted by Crippen LogP contribution is -2.40. The van der Waals surface area contributed by atoms with Crippen molar-refractivity contribution in [2.75, 3.05) is 0 Å². The van der Waals surface area contributed by atoms with Gasteiger partial charge in [0.15, 0.2) is 0 Å². The molecule has 1 heterocycles. The average Bonchev–Trinajstić information content (AvgIpc) is 2.81. The van der Waals surface area contributed by atoms with Gasteiger partial charge < -0.3 is 0 Å². The van der Waals surface area contributed by atoms with E-state index in [-0.39, 0.29) is 9.96 Å². The van der Waals surface area contributed by atoms with E-state index in [9.17, 15) is 21.6 Å². The quantitative estimate of drug-likeness (QED) is 0.510. The highest BCUT2D eigenvalue weighted by Gasteiger charge is 2.53. The number of nitrogens with zero attached hydrogens (tertiary/aromatic N) is 1. The molecular formula is C24H20F3NO2PS+. The Kier molecular flexibility index (Phi) is 5.97. The van der Waals surface area contributed by atoms with Gasteiger partial charge in [-0.3, -0.25) is 0 Å². The van der Waals surface area contributed by atoms with Crippen molar-refractivity contribution in [2.45, 2.75) is 11.2 Å². The van der Waals surface area contributed by atoms with E-state index in [1.165, 1.54) is 0 Å².